The van der Waals surface area contributed by atoms with Crippen molar-refractivity contribution in [2.45, 2.75) is 38.5 Å². The molecule has 2 N–H and O–H groups in total. The molecule has 5 nitrogen and oxygen atoms in total. The Balaban J connectivity index is 1.48. The summed E-state index contributed by atoms with van der Waals surface area (Å²) in [5, 5.41) is 8.27. The van der Waals surface area contributed by atoms with Crippen LogP contribution < -0.4 is 15.4 Å². The van der Waals surface area contributed by atoms with Gasteiger partial charge in [-0.1, -0.05) is 12.1 Å². The third-order valence-corrected chi connectivity index (χ3v) is 4.52. The average molecular weight is 331 g/mol. The Kier molecular flexibility index (Phi) is 5.60. The molecule has 0 aliphatic carbocycles. The zero-order valence-electron chi connectivity index (χ0n) is 13.0. The molecule has 6 heteroatoms. The third-order valence-electron chi connectivity index (χ3n) is 3.88. The molecule has 3 rings (SSSR count). The van der Waals surface area contributed by atoms with Crippen molar-refractivity contribution in [3.05, 3.63) is 46.4 Å². The summed E-state index contributed by atoms with van der Waals surface area (Å²) in [5.41, 5.74) is 3.89. The highest BCUT2D eigenvalue weighted by atomic mass is 32.1. The van der Waals surface area contributed by atoms with Gasteiger partial charge in [-0.15, -0.1) is 11.3 Å². The molecule has 1 aliphatic heterocycles. The Bertz CT molecular complexity index is 613. The molecule has 1 aliphatic rings. The molecule has 0 bridgehead atoms. The summed E-state index contributed by atoms with van der Waals surface area (Å²) in [7, 11) is 0. The number of thiazole rings is 1. The minimum absolute atomic E-state index is 0.0851. The SMILES string of the molecule is O=C1NCCCC[C@@H]1NCc1ccc(OCc2cscn2)cc1. The number of carbonyl (C=O) groups is 1. The molecular weight excluding hydrogens is 310 g/mol. The van der Waals surface area contributed by atoms with Gasteiger partial charge in [0, 0.05) is 18.5 Å². The van der Waals surface area contributed by atoms with Crippen LogP contribution in [0.3, 0.4) is 0 Å². The van der Waals surface area contributed by atoms with Crippen LogP contribution in [0.4, 0.5) is 0 Å². The van der Waals surface area contributed by atoms with Crippen LogP contribution in [0, 0.1) is 0 Å². The Hall–Kier alpha value is -1.92. The van der Waals surface area contributed by atoms with E-state index in [4.69, 9.17) is 4.74 Å². The first kappa shape index (κ1) is 16.0. The Labute approximate surface area is 140 Å². The molecule has 1 atom stereocenters. The second-order valence-electron chi connectivity index (χ2n) is 5.63. The van der Waals surface area contributed by atoms with Crippen LogP contribution in [0.1, 0.15) is 30.5 Å². The van der Waals surface area contributed by atoms with Crippen molar-refractivity contribution < 1.29 is 9.53 Å². The number of benzene rings is 1. The lowest BCUT2D eigenvalue weighted by atomic mass is 10.1. The molecule has 1 saturated heterocycles. The van der Waals surface area contributed by atoms with E-state index in [1.807, 2.05) is 29.6 Å². The van der Waals surface area contributed by atoms with Crippen LogP contribution in [-0.2, 0) is 17.9 Å². The molecule has 23 heavy (non-hydrogen) atoms. The number of hydrogen-bond acceptors (Lipinski definition) is 5. The number of aromatic nitrogens is 1. The van der Waals surface area contributed by atoms with E-state index < -0.39 is 0 Å². The Morgan fingerprint density at radius 1 is 1.30 bits per heavy atom. The van der Waals surface area contributed by atoms with Crippen molar-refractivity contribution in [3.8, 4) is 5.75 Å². The molecule has 1 fully saturated rings. The minimum atomic E-state index is -0.0851. The number of carbonyl (C=O) groups excluding carboxylic acids is 1. The first-order valence-corrected chi connectivity index (χ1v) is 8.85. The molecular formula is C17H21N3O2S. The minimum Gasteiger partial charge on any atom is -0.487 e. The summed E-state index contributed by atoms with van der Waals surface area (Å²) in [6, 6.07) is 7.88. The van der Waals surface area contributed by atoms with Gasteiger partial charge in [-0.25, -0.2) is 4.98 Å². The lowest BCUT2D eigenvalue weighted by molar-refractivity contribution is -0.122. The quantitative estimate of drug-likeness (QED) is 0.854. The molecule has 0 radical (unpaired) electrons. The largest absolute Gasteiger partial charge is 0.487 e. The lowest BCUT2D eigenvalue weighted by Crippen LogP contribution is -2.42. The molecule has 0 spiro atoms. The summed E-state index contributed by atoms with van der Waals surface area (Å²) in [5.74, 6) is 0.944. The van der Waals surface area contributed by atoms with E-state index in [1.165, 1.54) is 0 Å². The molecule has 1 aromatic carbocycles. The topological polar surface area (TPSA) is 63.2 Å². The van der Waals surface area contributed by atoms with Crippen molar-refractivity contribution in [3.63, 3.8) is 0 Å². The van der Waals surface area contributed by atoms with Gasteiger partial charge in [0.25, 0.3) is 0 Å². The van der Waals surface area contributed by atoms with Gasteiger partial charge < -0.3 is 15.4 Å². The van der Waals surface area contributed by atoms with Crippen LogP contribution in [-0.4, -0.2) is 23.5 Å². The van der Waals surface area contributed by atoms with Gasteiger partial charge in [-0.3, -0.25) is 4.79 Å². The monoisotopic (exact) mass is 331 g/mol. The molecule has 122 valence electrons. The van der Waals surface area contributed by atoms with Crippen molar-refractivity contribution >= 4 is 17.2 Å². The maximum atomic E-state index is 11.9. The highest BCUT2D eigenvalue weighted by Crippen LogP contribution is 2.15. The van der Waals surface area contributed by atoms with Crippen molar-refractivity contribution in [2.75, 3.05) is 6.54 Å². The van der Waals surface area contributed by atoms with Gasteiger partial charge in [0.1, 0.15) is 12.4 Å². The van der Waals surface area contributed by atoms with E-state index in [0.717, 1.165) is 42.8 Å². The maximum absolute atomic E-state index is 11.9. The van der Waals surface area contributed by atoms with Gasteiger partial charge in [0.2, 0.25) is 5.91 Å². The van der Waals surface area contributed by atoms with Crippen LogP contribution in [0.5, 0.6) is 5.75 Å². The summed E-state index contributed by atoms with van der Waals surface area (Å²) in [4.78, 5) is 16.1. The van der Waals surface area contributed by atoms with E-state index in [0.29, 0.717) is 13.2 Å². The number of ether oxygens (including phenoxy) is 1. The number of hydrogen-bond donors (Lipinski definition) is 2. The smallest absolute Gasteiger partial charge is 0.237 e. The maximum Gasteiger partial charge on any atom is 0.237 e. The van der Waals surface area contributed by atoms with Gasteiger partial charge in [0.05, 0.1) is 17.2 Å². The second-order valence-corrected chi connectivity index (χ2v) is 6.35. The zero-order chi connectivity index (χ0) is 15.9. The zero-order valence-corrected chi connectivity index (χ0v) is 13.8. The van der Waals surface area contributed by atoms with E-state index >= 15 is 0 Å². The molecule has 1 aromatic heterocycles. The van der Waals surface area contributed by atoms with Gasteiger partial charge in [-0.2, -0.15) is 0 Å². The first-order valence-electron chi connectivity index (χ1n) is 7.91. The van der Waals surface area contributed by atoms with Gasteiger partial charge >= 0.3 is 0 Å². The third kappa shape index (κ3) is 4.77. The fraction of sp³-hybridized carbons (Fsp3) is 0.412. The van der Waals surface area contributed by atoms with Gasteiger partial charge in [0.15, 0.2) is 0 Å². The molecule has 2 heterocycles. The molecule has 0 unspecified atom stereocenters. The number of rotatable bonds is 6. The summed E-state index contributed by atoms with van der Waals surface area (Å²) >= 11 is 1.57. The first-order chi connectivity index (χ1) is 11.3. The number of nitrogens with zero attached hydrogens (tertiary/aromatic N) is 1. The van der Waals surface area contributed by atoms with Crippen molar-refractivity contribution in [1.29, 1.82) is 0 Å². The Morgan fingerprint density at radius 2 is 2.17 bits per heavy atom. The fourth-order valence-corrected chi connectivity index (χ4v) is 3.09. The normalized spacial score (nSPS) is 18.3. The highest BCUT2D eigenvalue weighted by molar-refractivity contribution is 7.07. The summed E-state index contributed by atoms with van der Waals surface area (Å²) < 4.78 is 5.69. The van der Waals surface area contributed by atoms with Crippen LogP contribution >= 0.6 is 11.3 Å². The van der Waals surface area contributed by atoms with Crippen LogP contribution in [0.25, 0.3) is 0 Å². The van der Waals surface area contributed by atoms with Crippen molar-refractivity contribution in [1.82, 2.24) is 15.6 Å². The van der Waals surface area contributed by atoms with E-state index in [-0.39, 0.29) is 11.9 Å². The molecule has 0 saturated carbocycles. The van der Waals surface area contributed by atoms with Crippen LogP contribution in [0.15, 0.2) is 35.2 Å². The number of nitrogens with one attached hydrogen (secondary N) is 2. The fourth-order valence-electron chi connectivity index (χ4n) is 2.54. The summed E-state index contributed by atoms with van der Waals surface area (Å²) in [6.07, 6.45) is 3.05. The lowest BCUT2D eigenvalue weighted by Gasteiger charge is -2.15. The summed E-state index contributed by atoms with van der Waals surface area (Å²) in [6.45, 7) is 1.97. The predicted molar refractivity (Wildman–Crippen MR) is 90.4 cm³/mol. The molecule has 2 aromatic rings. The van der Waals surface area contributed by atoms with E-state index in [2.05, 4.69) is 15.6 Å². The number of amides is 1. The van der Waals surface area contributed by atoms with Crippen molar-refractivity contribution in [2.24, 2.45) is 0 Å². The predicted octanol–water partition coefficient (Wildman–Crippen LogP) is 2.48. The standard InChI is InChI=1S/C17H21N3O2S/c21-17-16(3-1-2-8-18-17)19-9-13-4-6-15(7-5-13)22-10-14-11-23-12-20-14/h4-7,11-12,16,19H,1-3,8-10H2,(H,18,21)/t16-/m0/s1. The van der Waals surface area contributed by atoms with Gasteiger partial charge in [-0.05, 0) is 37.0 Å². The second kappa shape index (κ2) is 8.08. The van der Waals surface area contributed by atoms with Crippen LogP contribution in [0.2, 0.25) is 0 Å². The van der Waals surface area contributed by atoms with E-state index in [9.17, 15) is 4.79 Å². The Morgan fingerprint density at radius 3 is 2.96 bits per heavy atom. The molecule has 1 amide bonds. The van der Waals surface area contributed by atoms with E-state index in [1.54, 1.807) is 16.8 Å². The highest BCUT2D eigenvalue weighted by Gasteiger charge is 2.19. The average Bonchev–Trinajstić information content (AvgIpc) is 3.01.